The normalized spacial score (nSPS) is 11.8. The van der Waals surface area contributed by atoms with Crippen LogP contribution in [0, 0.1) is 5.75 Å². The predicted octanol–water partition coefficient (Wildman–Crippen LogP) is 1.77. The fraction of sp³-hybridized carbons (Fsp3) is 0.857. The van der Waals surface area contributed by atoms with Crippen LogP contribution in [-0.4, -0.2) is 14.2 Å². The molecule has 0 unspecified atom stereocenters. The van der Waals surface area contributed by atoms with Gasteiger partial charge in [0.15, 0.2) is 9.84 Å². The molecule has 10 heavy (non-hydrogen) atoms. The van der Waals surface area contributed by atoms with Crippen molar-refractivity contribution in [3.05, 3.63) is 5.75 Å². The highest BCUT2D eigenvalue weighted by atomic mass is 32.2. The average Bonchev–Trinajstić information content (AvgIpc) is 1.89. The van der Waals surface area contributed by atoms with Crippen molar-refractivity contribution in [3.63, 3.8) is 0 Å². The Morgan fingerprint density at radius 2 is 1.90 bits per heavy atom. The molecule has 2 nitrogen and oxygen atoms in total. The van der Waals surface area contributed by atoms with Gasteiger partial charge in [-0.15, -0.1) is 0 Å². The third-order valence-corrected chi connectivity index (χ3v) is 2.88. The minimum absolute atomic E-state index is 0.233. The van der Waals surface area contributed by atoms with Crippen molar-refractivity contribution in [1.29, 1.82) is 0 Å². The lowest BCUT2D eigenvalue weighted by atomic mass is 10.3. The van der Waals surface area contributed by atoms with Crippen LogP contribution < -0.4 is 0 Å². The average molecular weight is 163 g/mol. The summed E-state index contributed by atoms with van der Waals surface area (Å²) in [6.45, 7) is 3.71. The maximum atomic E-state index is 10.8. The van der Waals surface area contributed by atoms with Gasteiger partial charge in [0, 0.05) is 5.75 Å². The Hall–Kier alpha value is -0.0500. The van der Waals surface area contributed by atoms with Crippen molar-refractivity contribution >= 4 is 9.84 Å². The zero-order chi connectivity index (χ0) is 8.04. The van der Waals surface area contributed by atoms with E-state index in [0.29, 0.717) is 6.42 Å². The summed E-state index contributed by atoms with van der Waals surface area (Å²) in [6, 6.07) is 0. The monoisotopic (exact) mass is 163 g/mol. The third kappa shape index (κ3) is 4.79. The first-order valence-electron chi connectivity index (χ1n) is 3.68. The van der Waals surface area contributed by atoms with E-state index in [1.54, 1.807) is 6.92 Å². The van der Waals surface area contributed by atoms with E-state index in [-0.39, 0.29) is 5.75 Å². The quantitative estimate of drug-likeness (QED) is 0.579. The molecule has 0 amide bonds. The van der Waals surface area contributed by atoms with E-state index in [2.05, 4.69) is 0 Å². The second-order valence-corrected chi connectivity index (χ2v) is 4.50. The standard InChI is InChI=1S/C7H15O2S/c1-3-5-6-7-10(8,9)4-2/h7H,3-6H2,1-2H3. The summed E-state index contributed by atoms with van der Waals surface area (Å²) in [4.78, 5) is 0. The molecule has 0 atom stereocenters. The van der Waals surface area contributed by atoms with Gasteiger partial charge < -0.3 is 0 Å². The van der Waals surface area contributed by atoms with Gasteiger partial charge in [-0.05, 0) is 6.42 Å². The predicted molar refractivity (Wildman–Crippen MR) is 43.3 cm³/mol. The lowest BCUT2D eigenvalue weighted by Crippen LogP contribution is -2.02. The van der Waals surface area contributed by atoms with E-state index in [1.165, 1.54) is 5.75 Å². The lowest BCUT2D eigenvalue weighted by Gasteiger charge is -1.97. The molecule has 0 aliphatic rings. The number of hydrogen-bond acceptors (Lipinski definition) is 2. The molecule has 0 aliphatic heterocycles. The Bertz CT molecular complexity index is 158. The molecular formula is C7H15O2S. The van der Waals surface area contributed by atoms with Crippen molar-refractivity contribution in [2.75, 3.05) is 5.75 Å². The summed E-state index contributed by atoms with van der Waals surface area (Å²) in [5.41, 5.74) is 0. The van der Waals surface area contributed by atoms with Crippen molar-refractivity contribution in [1.82, 2.24) is 0 Å². The van der Waals surface area contributed by atoms with Crippen LogP contribution in [0.3, 0.4) is 0 Å². The van der Waals surface area contributed by atoms with Crippen LogP contribution in [0.1, 0.15) is 33.1 Å². The van der Waals surface area contributed by atoms with Gasteiger partial charge >= 0.3 is 0 Å². The van der Waals surface area contributed by atoms with Crippen LogP contribution >= 0.6 is 0 Å². The SMILES string of the molecule is CCCC[CH]S(=O)(=O)CC. The molecule has 0 fully saturated rings. The highest BCUT2D eigenvalue weighted by molar-refractivity contribution is 7.93. The molecular weight excluding hydrogens is 148 g/mol. The van der Waals surface area contributed by atoms with Crippen molar-refractivity contribution in [3.8, 4) is 0 Å². The summed E-state index contributed by atoms with van der Waals surface area (Å²) in [5.74, 6) is 1.66. The molecule has 0 saturated heterocycles. The smallest absolute Gasteiger partial charge is 0.154 e. The van der Waals surface area contributed by atoms with Crippen molar-refractivity contribution in [2.45, 2.75) is 33.1 Å². The molecule has 0 aromatic rings. The molecule has 1 radical (unpaired) electrons. The van der Waals surface area contributed by atoms with Crippen LogP contribution in [0.15, 0.2) is 0 Å². The zero-order valence-electron chi connectivity index (χ0n) is 6.63. The highest BCUT2D eigenvalue weighted by Crippen LogP contribution is 2.04. The number of sulfone groups is 1. The van der Waals surface area contributed by atoms with E-state index in [0.717, 1.165) is 12.8 Å². The summed E-state index contributed by atoms with van der Waals surface area (Å²) in [6.07, 6.45) is 2.72. The van der Waals surface area contributed by atoms with Gasteiger partial charge in [0.1, 0.15) is 0 Å². The van der Waals surface area contributed by atoms with Gasteiger partial charge in [0.2, 0.25) is 0 Å². The molecule has 0 aromatic heterocycles. The van der Waals surface area contributed by atoms with E-state index in [9.17, 15) is 8.42 Å². The van der Waals surface area contributed by atoms with Crippen LogP contribution in [0.5, 0.6) is 0 Å². The summed E-state index contributed by atoms with van der Waals surface area (Å²) in [7, 11) is -2.82. The minimum Gasteiger partial charge on any atom is -0.229 e. The van der Waals surface area contributed by atoms with Crippen molar-refractivity contribution < 1.29 is 8.42 Å². The van der Waals surface area contributed by atoms with E-state index in [1.807, 2.05) is 6.92 Å². The number of unbranched alkanes of at least 4 members (excludes halogenated alkanes) is 2. The summed E-state index contributed by atoms with van der Waals surface area (Å²) < 4.78 is 21.6. The fourth-order valence-electron chi connectivity index (χ4n) is 0.585. The van der Waals surface area contributed by atoms with Crippen LogP contribution in [-0.2, 0) is 9.84 Å². The molecule has 0 aliphatic carbocycles. The van der Waals surface area contributed by atoms with Gasteiger partial charge in [0.05, 0.1) is 5.75 Å². The van der Waals surface area contributed by atoms with E-state index < -0.39 is 9.84 Å². The molecule has 3 heteroatoms. The number of rotatable bonds is 5. The topological polar surface area (TPSA) is 34.1 Å². The van der Waals surface area contributed by atoms with Gasteiger partial charge in [0.25, 0.3) is 0 Å². The van der Waals surface area contributed by atoms with Crippen LogP contribution in [0.25, 0.3) is 0 Å². The van der Waals surface area contributed by atoms with E-state index in [4.69, 9.17) is 0 Å². The molecule has 0 aromatic carbocycles. The maximum Gasteiger partial charge on any atom is 0.154 e. The molecule has 0 rings (SSSR count). The Morgan fingerprint density at radius 3 is 2.30 bits per heavy atom. The van der Waals surface area contributed by atoms with Gasteiger partial charge in [-0.1, -0.05) is 26.7 Å². The van der Waals surface area contributed by atoms with E-state index >= 15 is 0 Å². The molecule has 0 spiro atoms. The Balaban J connectivity index is 3.49. The first kappa shape index (κ1) is 9.95. The summed E-state index contributed by atoms with van der Waals surface area (Å²) >= 11 is 0. The van der Waals surface area contributed by atoms with Crippen molar-refractivity contribution in [2.24, 2.45) is 0 Å². The second-order valence-electron chi connectivity index (χ2n) is 2.26. The van der Waals surface area contributed by atoms with Gasteiger partial charge in [-0.25, -0.2) is 8.42 Å². The molecule has 0 heterocycles. The van der Waals surface area contributed by atoms with Gasteiger partial charge in [-0.2, -0.15) is 0 Å². The molecule has 0 bridgehead atoms. The zero-order valence-corrected chi connectivity index (χ0v) is 7.45. The lowest BCUT2D eigenvalue weighted by molar-refractivity contribution is 0.599. The van der Waals surface area contributed by atoms with Gasteiger partial charge in [-0.3, -0.25) is 0 Å². The molecule has 0 saturated carbocycles. The Morgan fingerprint density at radius 1 is 1.30 bits per heavy atom. The molecule has 61 valence electrons. The maximum absolute atomic E-state index is 10.8. The molecule has 0 N–H and O–H groups in total. The minimum atomic E-state index is -2.82. The number of hydrogen-bond donors (Lipinski definition) is 0. The Labute approximate surface area is 63.6 Å². The van der Waals surface area contributed by atoms with Crippen LogP contribution in [0.4, 0.5) is 0 Å². The third-order valence-electron chi connectivity index (χ3n) is 1.33. The highest BCUT2D eigenvalue weighted by Gasteiger charge is 2.05. The Kier molecular flexibility index (Phi) is 4.69. The second kappa shape index (κ2) is 4.72. The largest absolute Gasteiger partial charge is 0.229 e. The summed E-state index contributed by atoms with van der Waals surface area (Å²) in [5, 5.41) is 0. The fourth-order valence-corrected chi connectivity index (χ4v) is 1.35. The first-order valence-corrected chi connectivity index (χ1v) is 5.40. The van der Waals surface area contributed by atoms with Crippen LogP contribution in [0.2, 0.25) is 0 Å². The first-order chi connectivity index (χ1) is 4.62.